The van der Waals surface area contributed by atoms with Gasteiger partial charge >= 0.3 is 6.18 Å². The summed E-state index contributed by atoms with van der Waals surface area (Å²) in [5.41, 5.74) is 1.26. The van der Waals surface area contributed by atoms with Crippen molar-refractivity contribution in [1.82, 2.24) is 4.98 Å². The largest absolute Gasteiger partial charge is 0.486 e. The number of fused-ring (bicyclic) bond motifs is 1. The van der Waals surface area contributed by atoms with Gasteiger partial charge in [-0.1, -0.05) is 18.2 Å². The lowest BCUT2D eigenvalue weighted by Gasteiger charge is -2.18. The summed E-state index contributed by atoms with van der Waals surface area (Å²) in [5, 5.41) is 2.43. The van der Waals surface area contributed by atoms with E-state index in [-0.39, 0.29) is 5.69 Å². The number of alkyl halides is 3. The molecule has 0 bridgehead atoms. The lowest BCUT2D eigenvalue weighted by Crippen LogP contribution is -2.19. The van der Waals surface area contributed by atoms with Gasteiger partial charge < -0.3 is 14.8 Å². The first kappa shape index (κ1) is 23.3. The summed E-state index contributed by atoms with van der Waals surface area (Å²) in [7, 11) is 0. The predicted molar refractivity (Wildman–Crippen MR) is 125 cm³/mol. The molecular formula is C27H18F4N2O3. The van der Waals surface area contributed by atoms with Crippen molar-refractivity contribution in [3.05, 3.63) is 95.8 Å². The van der Waals surface area contributed by atoms with Crippen molar-refractivity contribution in [2.24, 2.45) is 0 Å². The molecule has 1 aliphatic rings. The highest BCUT2D eigenvalue weighted by Crippen LogP contribution is 2.35. The number of halogens is 4. The zero-order valence-corrected chi connectivity index (χ0v) is 18.6. The third-order valence-electron chi connectivity index (χ3n) is 5.56. The van der Waals surface area contributed by atoms with E-state index in [0.717, 1.165) is 29.0 Å². The van der Waals surface area contributed by atoms with E-state index < -0.39 is 29.0 Å². The van der Waals surface area contributed by atoms with E-state index in [1.54, 1.807) is 24.3 Å². The first-order valence-electron chi connectivity index (χ1n) is 10.9. The van der Waals surface area contributed by atoms with Crippen molar-refractivity contribution in [1.29, 1.82) is 0 Å². The topological polar surface area (TPSA) is 60.5 Å². The molecule has 0 spiro atoms. The molecule has 3 aromatic carbocycles. The van der Waals surface area contributed by atoms with Gasteiger partial charge in [-0.25, -0.2) is 9.37 Å². The van der Waals surface area contributed by atoms with Crippen molar-refractivity contribution in [2.45, 2.75) is 6.18 Å². The van der Waals surface area contributed by atoms with Crippen LogP contribution in [-0.2, 0) is 6.18 Å². The number of hydrogen-bond donors (Lipinski definition) is 1. The van der Waals surface area contributed by atoms with Crippen LogP contribution in [0.5, 0.6) is 11.5 Å². The van der Waals surface area contributed by atoms with Crippen molar-refractivity contribution in [2.75, 3.05) is 18.5 Å². The van der Waals surface area contributed by atoms with E-state index in [4.69, 9.17) is 14.5 Å². The minimum atomic E-state index is -4.87. The molecule has 2 heterocycles. The number of pyridine rings is 1. The van der Waals surface area contributed by atoms with Crippen LogP contribution < -0.4 is 14.8 Å². The van der Waals surface area contributed by atoms with Gasteiger partial charge in [0.15, 0.2) is 11.5 Å². The molecule has 9 heteroatoms. The SMILES string of the molecule is O=C(Nc1ccc(-c2cccc(-c3ccc4c(c3)OCCO4)n2)cc1)c1ccc(F)cc1C(F)(F)F. The Labute approximate surface area is 203 Å². The average molecular weight is 494 g/mol. The highest BCUT2D eigenvalue weighted by Gasteiger charge is 2.35. The Balaban J connectivity index is 1.35. The van der Waals surface area contributed by atoms with Crippen LogP contribution in [0.4, 0.5) is 23.2 Å². The number of rotatable bonds is 4. The number of carbonyl (C=O) groups excluding carboxylic acids is 1. The second kappa shape index (κ2) is 9.33. The maximum Gasteiger partial charge on any atom is 0.417 e. The van der Waals surface area contributed by atoms with Crippen molar-refractivity contribution in [3.63, 3.8) is 0 Å². The molecule has 1 N–H and O–H groups in total. The maximum atomic E-state index is 13.3. The fraction of sp³-hybridized carbons (Fsp3) is 0.111. The van der Waals surface area contributed by atoms with Gasteiger partial charge in [0.2, 0.25) is 0 Å². The lowest BCUT2D eigenvalue weighted by atomic mass is 10.1. The van der Waals surface area contributed by atoms with Gasteiger partial charge in [-0.3, -0.25) is 4.79 Å². The summed E-state index contributed by atoms with van der Waals surface area (Å²) in [6.07, 6.45) is -4.87. The van der Waals surface area contributed by atoms with Crippen molar-refractivity contribution >= 4 is 11.6 Å². The molecule has 182 valence electrons. The van der Waals surface area contributed by atoms with E-state index in [1.165, 1.54) is 0 Å². The van der Waals surface area contributed by atoms with Crippen LogP contribution >= 0.6 is 0 Å². The summed E-state index contributed by atoms with van der Waals surface area (Å²) in [4.78, 5) is 17.2. The molecule has 0 aliphatic carbocycles. The highest BCUT2D eigenvalue weighted by atomic mass is 19.4. The minimum absolute atomic E-state index is 0.282. The third-order valence-corrected chi connectivity index (χ3v) is 5.56. The summed E-state index contributed by atoms with van der Waals surface area (Å²) < 4.78 is 64.3. The van der Waals surface area contributed by atoms with Crippen molar-refractivity contribution in [3.8, 4) is 34.0 Å². The number of benzene rings is 3. The predicted octanol–water partition coefficient (Wildman–Crippen LogP) is 6.60. The molecule has 0 unspecified atom stereocenters. The number of aromatic nitrogens is 1. The van der Waals surface area contributed by atoms with Crippen LogP contribution in [0.15, 0.2) is 78.9 Å². The summed E-state index contributed by atoms with van der Waals surface area (Å²) in [5.74, 6) is -0.731. The monoisotopic (exact) mass is 494 g/mol. The molecule has 1 aromatic heterocycles. The van der Waals surface area contributed by atoms with Gasteiger partial charge in [0.25, 0.3) is 5.91 Å². The number of ether oxygens (including phenoxy) is 2. The molecule has 0 saturated heterocycles. The van der Waals surface area contributed by atoms with Crippen LogP contribution in [0.1, 0.15) is 15.9 Å². The van der Waals surface area contributed by atoms with E-state index in [0.29, 0.717) is 36.5 Å². The summed E-state index contributed by atoms with van der Waals surface area (Å²) in [6.45, 7) is 0.982. The van der Waals surface area contributed by atoms with E-state index in [2.05, 4.69) is 5.32 Å². The van der Waals surface area contributed by atoms with E-state index >= 15 is 0 Å². The number of carbonyl (C=O) groups is 1. The zero-order chi connectivity index (χ0) is 25.3. The number of hydrogen-bond acceptors (Lipinski definition) is 4. The fourth-order valence-corrected chi connectivity index (χ4v) is 3.83. The minimum Gasteiger partial charge on any atom is -0.486 e. The first-order valence-corrected chi connectivity index (χ1v) is 10.9. The van der Waals surface area contributed by atoms with Gasteiger partial charge in [-0.2, -0.15) is 13.2 Å². The normalized spacial score (nSPS) is 12.8. The van der Waals surface area contributed by atoms with Gasteiger partial charge in [0.1, 0.15) is 19.0 Å². The molecule has 1 aliphatic heterocycles. The first-order chi connectivity index (χ1) is 17.3. The third kappa shape index (κ3) is 4.86. The number of anilines is 1. The second-order valence-corrected chi connectivity index (χ2v) is 7.99. The van der Waals surface area contributed by atoms with Crippen molar-refractivity contribution < 1.29 is 31.8 Å². The molecule has 4 aromatic rings. The molecule has 5 rings (SSSR count). The van der Waals surface area contributed by atoms with Gasteiger partial charge in [-0.05, 0) is 60.7 Å². The Bertz CT molecular complexity index is 1440. The van der Waals surface area contributed by atoms with Gasteiger partial charge in [0.05, 0.1) is 22.5 Å². The van der Waals surface area contributed by atoms with Crippen LogP contribution in [0.2, 0.25) is 0 Å². The van der Waals surface area contributed by atoms with E-state index in [1.807, 2.05) is 36.4 Å². The molecular weight excluding hydrogens is 476 g/mol. The Hall–Kier alpha value is -4.40. The fourth-order valence-electron chi connectivity index (χ4n) is 3.83. The molecule has 0 saturated carbocycles. The average Bonchev–Trinajstić information content (AvgIpc) is 2.88. The smallest absolute Gasteiger partial charge is 0.417 e. The lowest BCUT2D eigenvalue weighted by molar-refractivity contribution is -0.138. The molecule has 5 nitrogen and oxygen atoms in total. The van der Waals surface area contributed by atoms with Crippen LogP contribution in [0.3, 0.4) is 0 Å². The molecule has 0 radical (unpaired) electrons. The van der Waals surface area contributed by atoms with Crippen LogP contribution in [0.25, 0.3) is 22.5 Å². The second-order valence-electron chi connectivity index (χ2n) is 7.99. The van der Waals surface area contributed by atoms with Gasteiger partial charge in [0, 0.05) is 16.8 Å². The Morgan fingerprint density at radius 3 is 2.19 bits per heavy atom. The van der Waals surface area contributed by atoms with E-state index in [9.17, 15) is 22.4 Å². The van der Waals surface area contributed by atoms with Crippen LogP contribution in [0, 0.1) is 5.82 Å². The van der Waals surface area contributed by atoms with Crippen LogP contribution in [-0.4, -0.2) is 24.1 Å². The zero-order valence-electron chi connectivity index (χ0n) is 18.6. The Morgan fingerprint density at radius 2 is 1.47 bits per heavy atom. The molecule has 36 heavy (non-hydrogen) atoms. The molecule has 1 amide bonds. The summed E-state index contributed by atoms with van der Waals surface area (Å²) >= 11 is 0. The quantitative estimate of drug-likeness (QED) is 0.325. The molecule has 0 atom stereocenters. The number of nitrogens with zero attached hydrogens (tertiary/aromatic N) is 1. The Morgan fingerprint density at radius 1 is 0.806 bits per heavy atom. The Kier molecular flexibility index (Phi) is 6.05. The molecule has 0 fully saturated rings. The number of amides is 1. The maximum absolute atomic E-state index is 13.3. The highest BCUT2D eigenvalue weighted by molar-refractivity contribution is 6.05. The summed E-state index contributed by atoms with van der Waals surface area (Å²) in [6, 6.07) is 19.6. The number of nitrogens with one attached hydrogen (secondary N) is 1. The van der Waals surface area contributed by atoms with Gasteiger partial charge in [-0.15, -0.1) is 0 Å². The standard InChI is InChI=1S/C27H18F4N2O3/c28-18-7-10-20(21(15-18)27(29,30)31)26(34)32-19-8-4-16(5-9-19)22-2-1-3-23(33-22)17-6-11-24-25(14-17)36-13-12-35-24/h1-11,14-15H,12-13H2,(H,32,34).